The van der Waals surface area contributed by atoms with E-state index >= 15 is 0 Å². The number of rotatable bonds is 6. The number of furan rings is 1. The number of nitrogens with zero attached hydrogens (tertiary/aromatic N) is 1. The van der Waals surface area contributed by atoms with Gasteiger partial charge in [-0.25, -0.2) is 0 Å². The monoisotopic (exact) mass is 380 g/mol. The summed E-state index contributed by atoms with van der Waals surface area (Å²) in [6.45, 7) is 1.28. The van der Waals surface area contributed by atoms with Crippen molar-refractivity contribution in [3.8, 4) is 0 Å². The van der Waals surface area contributed by atoms with Crippen LogP contribution in [0.4, 0.5) is 0 Å². The molecule has 2 amide bonds. The molecule has 132 valence electrons. The first-order chi connectivity index (χ1) is 12.0. The van der Waals surface area contributed by atoms with Crippen LogP contribution in [-0.4, -0.2) is 29.8 Å². The number of hydrogen-bond donors (Lipinski definition) is 1. The molecule has 1 unspecified atom stereocenters. The second kappa shape index (κ2) is 7.93. The standard InChI is InChI=1S/C18H18Cl2N2O3/c19-14-4-3-12(16(20)9-14)5-6-22-11-13(8-17(22)23)18(24)21-10-15-2-1-7-25-15/h1-4,7,9,13H,5-6,8,10-11H2,(H,21,24). The van der Waals surface area contributed by atoms with E-state index in [1.807, 2.05) is 6.07 Å². The molecule has 1 aliphatic heterocycles. The average molecular weight is 381 g/mol. The lowest BCUT2D eigenvalue weighted by Crippen LogP contribution is -2.33. The van der Waals surface area contributed by atoms with Gasteiger partial charge in [0.25, 0.3) is 0 Å². The smallest absolute Gasteiger partial charge is 0.225 e. The summed E-state index contributed by atoms with van der Waals surface area (Å²) in [4.78, 5) is 26.1. The highest BCUT2D eigenvalue weighted by molar-refractivity contribution is 6.35. The quantitative estimate of drug-likeness (QED) is 0.835. The summed E-state index contributed by atoms with van der Waals surface area (Å²) in [5.74, 6) is 0.218. The van der Waals surface area contributed by atoms with E-state index < -0.39 is 0 Å². The van der Waals surface area contributed by atoms with E-state index in [1.165, 1.54) is 0 Å². The van der Waals surface area contributed by atoms with E-state index in [0.717, 1.165) is 5.56 Å². The third-order valence-electron chi connectivity index (χ3n) is 4.27. The number of amides is 2. The Morgan fingerprint density at radius 3 is 2.88 bits per heavy atom. The van der Waals surface area contributed by atoms with Gasteiger partial charge in [-0.1, -0.05) is 29.3 Å². The zero-order chi connectivity index (χ0) is 17.8. The van der Waals surface area contributed by atoms with Crippen molar-refractivity contribution in [2.45, 2.75) is 19.4 Å². The van der Waals surface area contributed by atoms with Gasteiger partial charge >= 0.3 is 0 Å². The summed E-state index contributed by atoms with van der Waals surface area (Å²) in [6, 6.07) is 8.89. The van der Waals surface area contributed by atoms with Crippen molar-refractivity contribution in [1.29, 1.82) is 0 Å². The number of likely N-dealkylation sites (tertiary alicyclic amines) is 1. The lowest BCUT2D eigenvalue weighted by molar-refractivity contribution is -0.129. The maximum absolute atomic E-state index is 12.2. The first-order valence-corrected chi connectivity index (χ1v) is 8.80. The molecule has 0 radical (unpaired) electrons. The molecule has 1 aromatic carbocycles. The summed E-state index contributed by atoms with van der Waals surface area (Å²) in [6.07, 6.45) is 2.42. The molecule has 0 spiro atoms. The van der Waals surface area contributed by atoms with Gasteiger partial charge in [0.2, 0.25) is 11.8 Å². The van der Waals surface area contributed by atoms with Crippen molar-refractivity contribution in [2.75, 3.05) is 13.1 Å². The molecule has 3 rings (SSSR count). The Labute approximate surface area is 155 Å². The van der Waals surface area contributed by atoms with Crippen molar-refractivity contribution in [3.63, 3.8) is 0 Å². The van der Waals surface area contributed by atoms with Gasteiger partial charge in [-0.2, -0.15) is 0 Å². The van der Waals surface area contributed by atoms with E-state index in [1.54, 1.807) is 35.4 Å². The topological polar surface area (TPSA) is 62.6 Å². The van der Waals surface area contributed by atoms with Gasteiger partial charge < -0.3 is 14.6 Å². The second-order valence-corrected chi connectivity index (χ2v) is 6.87. The molecule has 2 aromatic rings. The van der Waals surface area contributed by atoms with Crippen LogP contribution >= 0.6 is 23.2 Å². The van der Waals surface area contributed by atoms with Gasteiger partial charge in [0.15, 0.2) is 0 Å². The Kier molecular flexibility index (Phi) is 5.66. The summed E-state index contributed by atoms with van der Waals surface area (Å²) < 4.78 is 5.18. The fourth-order valence-corrected chi connectivity index (χ4v) is 3.38. The number of benzene rings is 1. The highest BCUT2D eigenvalue weighted by Gasteiger charge is 2.33. The number of hydrogen-bond acceptors (Lipinski definition) is 3. The molecular formula is C18H18Cl2N2O3. The molecule has 0 saturated carbocycles. The van der Waals surface area contributed by atoms with E-state index in [-0.39, 0.29) is 24.2 Å². The minimum atomic E-state index is -0.330. The number of carbonyl (C=O) groups excluding carboxylic acids is 2. The highest BCUT2D eigenvalue weighted by Crippen LogP contribution is 2.23. The molecule has 1 N–H and O–H groups in total. The lowest BCUT2D eigenvalue weighted by Gasteiger charge is -2.17. The van der Waals surface area contributed by atoms with Gasteiger partial charge in [-0.15, -0.1) is 0 Å². The van der Waals surface area contributed by atoms with Crippen molar-refractivity contribution in [1.82, 2.24) is 10.2 Å². The van der Waals surface area contributed by atoms with Gasteiger partial charge in [0.1, 0.15) is 5.76 Å². The third kappa shape index (κ3) is 4.55. The maximum atomic E-state index is 12.2. The van der Waals surface area contributed by atoms with Gasteiger partial charge in [-0.3, -0.25) is 9.59 Å². The molecule has 7 heteroatoms. The SMILES string of the molecule is O=C(NCc1ccco1)C1CC(=O)N(CCc2ccc(Cl)cc2Cl)C1. The molecule has 25 heavy (non-hydrogen) atoms. The fraction of sp³-hybridized carbons (Fsp3) is 0.333. The van der Waals surface area contributed by atoms with E-state index in [4.69, 9.17) is 27.6 Å². The Bertz CT molecular complexity index is 762. The average Bonchev–Trinajstić information content (AvgIpc) is 3.22. The highest BCUT2D eigenvalue weighted by atomic mass is 35.5. The van der Waals surface area contributed by atoms with Gasteiger partial charge in [-0.05, 0) is 36.2 Å². The zero-order valence-corrected chi connectivity index (χ0v) is 15.0. The van der Waals surface area contributed by atoms with E-state index in [0.29, 0.717) is 41.9 Å². The van der Waals surface area contributed by atoms with Crippen LogP contribution in [0.5, 0.6) is 0 Å². The summed E-state index contributed by atoms with van der Waals surface area (Å²) in [7, 11) is 0. The lowest BCUT2D eigenvalue weighted by atomic mass is 10.1. The number of nitrogens with one attached hydrogen (secondary N) is 1. The van der Waals surface area contributed by atoms with Gasteiger partial charge in [0.05, 0.1) is 18.7 Å². The molecular weight excluding hydrogens is 363 g/mol. The normalized spacial score (nSPS) is 17.1. The summed E-state index contributed by atoms with van der Waals surface area (Å²) in [5.41, 5.74) is 0.935. The number of carbonyl (C=O) groups is 2. The van der Waals surface area contributed by atoms with Crippen LogP contribution in [0.25, 0.3) is 0 Å². The summed E-state index contributed by atoms with van der Waals surface area (Å²) >= 11 is 12.0. The fourth-order valence-electron chi connectivity index (χ4n) is 2.88. The Morgan fingerprint density at radius 1 is 1.32 bits per heavy atom. The Morgan fingerprint density at radius 2 is 2.16 bits per heavy atom. The molecule has 1 atom stereocenters. The predicted octanol–water partition coefficient (Wildman–Crippen LogP) is 3.29. The first kappa shape index (κ1) is 17.8. The van der Waals surface area contributed by atoms with E-state index in [9.17, 15) is 9.59 Å². The van der Waals surface area contributed by atoms with Crippen LogP contribution in [-0.2, 0) is 22.6 Å². The largest absolute Gasteiger partial charge is 0.467 e. The summed E-state index contributed by atoms with van der Waals surface area (Å²) in [5, 5.41) is 3.98. The van der Waals surface area contributed by atoms with Crippen LogP contribution in [0.2, 0.25) is 10.0 Å². The van der Waals surface area contributed by atoms with Crippen molar-refractivity contribution >= 4 is 35.0 Å². The molecule has 5 nitrogen and oxygen atoms in total. The predicted molar refractivity (Wildman–Crippen MR) is 95.4 cm³/mol. The van der Waals surface area contributed by atoms with E-state index in [2.05, 4.69) is 5.32 Å². The molecule has 1 saturated heterocycles. The second-order valence-electron chi connectivity index (χ2n) is 6.02. The van der Waals surface area contributed by atoms with Crippen LogP contribution in [0.3, 0.4) is 0 Å². The van der Waals surface area contributed by atoms with Crippen LogP contribution in [0.15, 0.2) is 41.0 Å². The molecule has 1 fully saturated rings. The van der Waals surface area contributed by atoms with Crippen molar-refractivity contribution in [3.05, 3.63) is 58.0 Å². The van der Waals surface area contributed by atoms with Crippen LogP contribution in [0.1, 0.15) is 17.7 Å². The molecule has 1 aliphatic rings. The van der Waals surface area contributed by atoms with Gasteiger partial charge in [0, 0.05) is 29.6 Å². The Balaban J connectivity index is 1.50. The maximum Gasteiger partial charge on any atom is 0.225 e. The molecule has 2 heterocycles. The zero-order valence-electron chi connectivity index (χ0n) is 13.5. The first-order valence-electron chi connectivity index (χ1n) is 8.04. The minimum Gasteiger partial charge on any atom is -0.467 e. The molecule has 0 bridgehead atoms. The minimum absolute atomic E-state index is 0.0109. The molecule has 1 aromatic heterocycles. The number of halogens is 2. The third-order valence-corrected chi connectivity index (χ3v) is 4.86. The molecule has 0 aliphatic carbocycles. The Hall–Kier alpha value is -1.98. The van der Waals surface area contributed by atoms with Crippen LogP contribution < -0.4 is 5.32 Å². The van der Waals surface area contributed by atoms with Crippen molar-refractivity contribution in [2.24, 2.45) is 5.92 Å². The van der Waals surface area contributed by atoms with Crippen LogP contribution in [0, 0.1) is 5.92 Å². The van der Waals surface area contributed by atoms with Crippen molar-refractivity contribution < 1.29 is 14.0 Å².